The van der Waals surface area contributed by atoms with E-state index in [0.29, 0.717) is 5.56 Å². The monoisotopic (exact) mass is 259 g/mol. The lowest BCUT2D eigenvalue weighted by Gasteiger charge is -2.28. The number of carboxylic acid groups (broad SMARTS) is 1. The second-order valence-electron chi connectivity index (χ2n) is 3.61. The van der Waals surface area contributed by atoms with Crippen molar-refractivity contribution in [3.8, 4) is 5.75 Å². The number of halogens is 3. The number of benzene rings is 1. The summed E-state index contributed by atoms with van der Waals surface area (Å²) in [5.41, 5.74) is -0.157. The quantitative estimate of drug-likeness (QED) is 0.815. The summed E-state index contributed by atoms with van der Waals surface area (Å²) in [4.78, 5) is 10.5. The first kappa shape index (κ1) is 12.3. The molecule has 1 unspecified atom stereocenters. The van der Waals surface area contributed by atoms with E-state index in [2.05, 4.69) is 0 Å². The third kappa shape index (κ3) is 2.39. The Morgan fingerprint density at radius 1 is 1.33 bits per heavy atom. The highest BCUT2D eigenvalue weighted by Gasteiger charge is 2.46. The van der Waals surface area contributed by atoms with Crippen LogP contribution >= 0.6 is 0 Å². The number of ether oxygens (including phenoxy) is 1. The zero-order chi connectivity index (χ0) is 13.3. The summed E-state index contributed by atoms with van der Waals surface area (Å²) in [5, 5.41) is 10.2. The van der Waals surface area contributed by atoms with Crippen LogP contribution in [-0.2, 0) is 0 Å². The van der Waals surface area contributed by atoms with Crippen LogP contribution in [0, 0.1) is 0 Å². The van der Waals surface area contributed by atoms with Crippen LogP contribution in [0.3, 0.4) is 0 Å². The number of hydrogen-bond acceptors (Lipinski definition) is 2. The van der Waals surface area contributed by atoms with Gasteiger partial charge in [-0.15, -0.1) is 0 Å². The van der Waals surface area contributed by atoms with Gasteiger partial charge in [-0.3, -0.25) is 5.32 Å². The fourth-order valence-corrected chi connectivity index (χ4v) is 1.61. The Balaban J connectivity index is 2.42. The third-order valence-electron chi connectivity index (χ3n) is 2.31. The Hall–Kier alpha value is -2.18. The highest BCUT2D eigenvalue weighted by atomic mass is 19.4. The van der Waals surface area contributed by atoms with E-state index in [1.54, 1.807) is 11.4 Å². The molecule has 1 heterocycles. The van der Waals surface area contributed by atoms with E-state index in [0.717, 1.165) is 6.08 Å². The van der Waals surface area contributed by atoms with Crippen molar-refractivity contribution >= 4 is 12.2 Å². The molecule has 96 valence electrons. The van der Waals surface area contributed by atoms with Gasteiger partial charge >= 0.3 is 12.3 Å². The van der Waals surface area contributed by atoms with Crippen LogP contribution in [0.5, 0.6) is 5.75 Å². The molecule has 0 bridgehead atoms. The molecule has 2 N–H and O–H groups in total. The van der Waals surface area contributed by atoms with Crippen molar-refractivity contribution in [2.45, 2.75) is 12.3 Å². The van der Waals surface area contributed by atoms with Gasteiger partial charge in [0.15, 0.2) is 0 Å². The Bertz CT molecular complexity index is 511. The maximum atomic E-state index is 12.7. The highest BCUT2D eigenvalue weighted by Crippen LogP contribution is 2.35. The Morgan fingerprint density at radius 3 is 2.61 bits per heavy atom. The number of hydrogen-bond donors (Lipinski definition) is 2. The lowest BCUT2D eigenvalue weighted by molar-refractivity contribution is -0.184. The summed E-state index contributed by atoms with van der Waals surface area (Å²) < 4.78 is 43.0. The summed E-state index contributed by atoms with van der Waals surface area (Å²) in [6.45, 7) is 0. The zero-order valence-corrected chi connectivity index (χ0v) is 8.86. The van der Waals surface area contributed by atoms with Crippen molar-refractivity contribution in [1.82, 2.24) is 5.32 Å². The molecule has 0 saturated heterocycles. The topological polar surface area (TPSA) is 58.6 Å². The first-order valence-corrected chi connectivity index (χ1v) is 4.92. The van der Waals surface area contributed by atoms with Crippen LogP contribution in [0.25, 0.3) is 6.08 Å². The number of amides is 1. The van der Waals surface area contributed by atoms with E-state index in [9.17, 15) is 18.0 Å². The molecule has 0 fully saturated rings. The van der Waals surface area contributed by atoms with Crippen molar-refractivity contribution < 1.29 is 27.8 Å². The molecule has 1 aromatic carbocycles. The summed E-state index contributed by atoms with van der Waals surface area (Å²) in [5.74, 6) is 0.0655. The van der Waals surface area contributed by atoms with Crippen molar-refractivity contribution in [2.24, 2.45) is 0 Å². The molecule has 0 spiro atoms. The van der Waals surface area contributed by atoms with Crippen LogP contribution in [-0.4, -0.2) is 23.5 Å². The molecule has 4 nitrogen and oxygen atoms in total. The smallest absolute Gasteiger partial charge is 0.431 e. The number of carbonyl (C=O) groups is 1. The maximum absolute atomic E-state index is 12.7. The molecule has 7 heteroatoms. The fraction of sp³-hybridized carbons (Fsp3) is 0.182. The first-order chi connectivity index (χ1) is 8.38. The Labute approximate surface area is 99.7 Å². The number of para-hydroxylation sites is 1. The van der Waals surface area contributed by atoms with Gasteiger partial charge in [0, 0.05) is 5.56 Å². The number of nitrogens with one attached hydrogen (secondary N) is 1. The minimum absolute atomic E-state index is 0.0655. The molecule has 0 radical (unpaired) electrons. The van der Waals surface area contributed by atoms with Gasteiger partial charge in [0.25, 0.3) is 0 Å². The van der Waals surface area contributed by atoms with Gasteiger partial charge in [-0.05, 0) is 12.1 Å². The first-order valence-electron chi connectivity index (χ1n) is 4.92. The van der Waals surface area contributed by atoms with E-state index in [-0.39, 0.29) is 5.75 Å². The van der Waals surface area contributed by atoms with Crippen LogP contribution in [0.4, 0.5) is 18.0 Å². The van der Waals surface area contributed by atoms with E-state index < -0.39 is 24.1 Å². The van der Waals surface area contributed by atoms with Crippen LogP contribution in [0.1, 0.15) is 5.56 Å². The van der Waals surface area contributed by atoms with Gasteiger partial charge in [0.2, 0.25) is 6.10 Å². The van der Waals surface area contributed by atoms with E-state index in [1.165, 1.54) is 18.2 Å². The van der Waals surface area contributed by atoms with Gasteiger partial charge in [-0.1, -0.05) is 18.2 Å². The largest absolute Gasteiger partial charge is 0.474 e. The van der Waals surface area contributed by atoms with Crippen molar-refractivity contribution in [3.05, 3.63) is 35.5 Å². The fourth-order valence-electron chi connectivity index (χ4n) is 1.61. The molecule has 0 aliphatic carbocycles. The van der Waals surface area contributed by atoms with Gasteiger partial charge < -0.3 is 9.84 Å². The minimum Gasteiger partial charge on any atom is -0.474 e. The average Bonchev–Trinajstić information content (AvgIpc) is 2.26. The standard InChI is InChI=1S/C11H8F3NO3/c12-11(13,14)9-7(15-10(16)17)5-6-3-1-2-4-8(6)18-9/h1-5,9,15H,(H,16,17). The van der Waals surface area contributed by atoms with Crippen LogP contribution in [0.2, 0.25) is 0 Å². The molecule has 1 aromatic rings. The second-order valence-corrected chi connectivity index (χ2v) is 3.61. The molecule has 1 aliphatic rings. The molecule has 1 aliphatic heterocycles. The molecular weight excluding hydrogens is 251 g/mol. The van der Waals surface area contributed by atoms with Crippen molar-refractivity contribution in [3.63, 3.8) is 0 Å². The molecule has 0 aromatic heterocycles. The Kier molecular flexibility index (Phi) is 2.90. The Morgan fingerprint density at radius 2 is 2.00 bits per heavy atom. The minimum atomic E-state index is -4.69. The van der Waals surface area contributed by atoms with Crippen LogP contribution in [0.15, 0.2) is 30.0 Å². The summed E-state index contributed by atoms with van der Waals surface area (Å²) in [7, 11) is 0. The lowest BCUT2D eigenvalue weighted by Crippen LogP contribution is -2.43. The van der Waals surface area contributed by atoms with E-state index in [1.807, 2.05) is 0 Å². The van der Waals surface area contributed by atoms with Crippen molar-refractivity contribution in [2.75, 3.05) is 0 Å². The highest BCUT2D eigenvalue weighted by molar-refractivity contribution is 5.72. The van der Waals surface area contributed by atoms with E-state index in [4.69, 9.17) is 9.84 Å². The SMILES string of the molecule is O=C(O)NC1=Cc2ccccc2OC1C(F)(F)F. The summed E-state index contributed by atoms with van der Waals surface area (Å²) in [6.07, 6.45) is -7.45. The normalized spacial score (nSPS) is 18.4. The molecular formula is C11H8F3NO3. The zero-order valence-electron chi connectivity index (χ0n) is 8.86. The number of rotatable bonds is 1. The van der Waals surface area contributed by atoms with Crippen LogP contribution < -0.4 is 10.1 Å². The molecule has 18 heavy (non-hydrogen) atoms. The number of fused-ring (bicyclic) bond motifs is 1. The molecule has 1 amide bonds. The predicted molar refractivity (Wildman–Crippen MR) is 56.1 cm³/mol. The third-order valence-corrected chi connectivity index (χ3v) is 2.31. The maximum Gasteiger partial charge on any atom is 0.431 e. The van der Waals surface area contributed by atoms with Gasteiger partial charge in [-0.25, -0.2) is 4.79 Å². The second kappa shape index (κ2) is 4.25. The molecule has 2 rings (SSSR count). The van der Waals surface area contributed by atoms with Gasteiger partial charge in [-0.2, -0.15) is 13.2 Å². The van der Waals surface area contributed by atoms with Gasteiger partial charge in [0.05, 0.1) is 5.70 Å². The van der Waals surface area contributed by atoms with Crippen molar-refractivity contribution in [1.29, 1.82) is 0 Å². The molecule has 0 saturated carbocycles. The van der Waals surface area contributed by atoms with Gasteiger partial charge in [0.1, 0.15) is 5.75 Å². The lowest BCUT2D eigenvalue weighted by atomic mass is 10.1. The average molecular weight is 259 g/mol. The predicted octanol–water partition coefficient (Wildman–Crippen LogP) is 2.62. The molecule has 1 atom stereocenters. The van der Waals surface area contributed by atoms with E-state index >= 15 is 0 Å². The summed E-state index contributed by atoms with van der Waals surface area (Å²) >= 11 is 0. The summed E-state index contributed by atoms with van der Waals surface area (Å²) in [6, 6.07) is 6.08. The number of alkyl halides is 3.